The fourth-order valence-corrected chi connectivity index (χ4v) is 3.15. The monoisotopic (exact) mass is 393 g/mol. The number of carbonyl (C=O) groups excluding carboxylic acids is 3. The zero-order valence-corrected chi connectivity index (χ0v) is 16.9. The number of ether oxygens (including phenoxy) is 2. The fraction of sp³-hybridized carbons (Fsp3) is 0.261. The van der Waals surface area contributed by atoms with Gasteiger partial charge < -0.3 is 14.4 Å². The van der Waals surface area contributed by atoms with E-state index in [1.165, 1.54) is 4.90 Å². The Hall–Kier alpha value is -3.41. The number of amides is 1. The van der Waals surface area contributed by atoms with E-state index in [1.54, 1.807) is 69.6 Å². The van der Waals surface area contributed by atoms with Gasteiger partial charge in [0.15, 0.2) is 29.2 Å². The van der Waals surface area contributed by atoms with Gasteiger partial charge in [0.05, 0.1) is 12.2 Å². The van der Waals surface area contributed by atoms with Crippen LogP contribution in [0.3, 0.4) is 0 Å². The third-order valence-electron chi connectivity index (χ3n) is 4.58. The SMILES string of the molecule is CCOc1cc(C=C2C(=O)c3ccccc3C2=O)ccc1O[C@@H](C)C(=O)N(C)C. The van der Waals surface area contributed by atoms with E-state index in [0.717, 1.165) is 0 Å². The molecule has 0 spiro atoms. The molecule has 1 atom stereocenters. The first-order valence-electron chi connectivity index (χ1n) is 9.38. The summed E-state index contributed by atoms with van der Waals surface area (Å²) >= 11 is 0. The van der Waals surface area contributed by atoms with Crippen molar-refractivity contribution in [1.29, 1.82) is 0 Å². The van der Waals surface area contributed by atoms with Crippen molar-refractivity contribution in [3.05, 3.63) is 64.7 Å². The van der Waals surface area contributed by atoms with Crippen molar-refractivity contribution in [2.24, 2.45) is 0 Å². The second-order valence-corrected chi connectivity index (χ2v) is 6.89. The molecule has 0 bridgehead atoms. The molecule has 6 heteroatoms. The normalized spacial score (nSPS) is 13.7. The van der Waals surface area contributed by atoms with Crippen molar-refractivity contribution in [2.75, 3.05) is 20.7 Å². The molecule has 1 amide bonds. The molecule has 29 heavy (non-hydrogen) atoms. The molecule has 0 aliphatic heterocycles. The zero-order valence-electron chi connectivity index (χ0n) is 16.9. The van der Waals surface area contributed by atoms with Crippen LogP contribution in [0.2, 0.25) is 0 Å². The van der Waals surface area contributed by atoms with Crippen LogP contribution in [-0.2, 0) is 4.79 Å². The highest BCUT2D eigenvalue weighted by atomic mass is 16.5. The summed E-state index contributed by atoms with van der Waals surface area (Å²) in [6, 6.07) is 11.9. The molecule has 2 aromatic carbocycles. The van der Waals surface area contributed by atoms with Gasteiger partial charge in [-0.05, 0) is 37.6 Å². The number of rotatable bonds is 6. The molecule has 0 N–H and O–H groups in total. The van der Waals surface area contributed by atoms with Crippen LogP contribution in [0.5, 0.6) is 11.5 Å². The second kappa shape index (κ2) is 8.31. The summed E-state index contributed by atoms with van der Waals surface area (Å²) in [4.78, 5) is 38.7. The van der Waals surface area contributed by atoms with Crippen molar-refractivity contribution in [2.45, 2.75) is 20.0 Å². The van der Waals surface area contributed by atoms with Gasteiger partial charge in [-0.25, -0.2) is 0 Å². The van der Waals surface area contributed by atoms with Crippen LogP contribution < -0.4 is 9.47 Å². The van der Waals surface area contributed by atoms with Gasteiger partial charge in [0.2, 0.25) is 0 Å². The minimum atomic E-state index is -0.680. The lowest BCUT2D eigenvalue weighted by molar-refractivity contribution is -0.135. The van der Waals surface area contributed by atoms with E-state index in [1.807, 2.05) is 6.92 Å². The topological polar surface area (TPSA) is 72.9 Å². The van der Waals surface area contributed by atoms with Gasteiger partial charge in [-0.15, -0.1) is 0 Å². The van der Waals surface area contributed by atoms with Crippen molar-refractivity contribution < 1.29 is 23.9 Å². The van der Waals surface area contributed by atoms with Crippen LogP contribution in [0.4, 0.5) is 0 Å². The maximum absolute atomic E-state index is 12.6. The number of allylic oxidation sites excluding steroid dienone is 1. The minimum absolute atomic E-state index is 0.124. The summed E-state index contributed by atoms with van der Waals surface area (Å²) in [7, 11) is 3.32. The number of Topliss-reactive ketones (excluding diaryl/α,β-unsaturated/α-hetero) is 2. The van der Waals surface area contributed by atoms with E-state index < -0.39 is 6.10 Å². The van der Waals surface area contributed by atoms with Gasteiger partial charge in [-0.1, -0.05) is 30.3 Å². The predicted molar refractivity (Wildman–Crippen MR) is 109 cm³/mol. The van der Waals surface area contributed by atoms with Crippen molar-refractivity contribution in [3.8, 4) is 11.5 Å². The van der Waals surface area contributed by atoms with Crippen LogP contribution in [0.1, 0.15) is 40.1 Å². The highest BCUT2D eigenvalue weighted by Gasteiger charge is 2.32. The van der Waals surface area contributed by atoms with Crippen LogP contribution >= 0.6 is 0 Å². The minimum Gasteiger partial charge on any atom is -0.490 e. The average Bonchev–Trinajstić information content (AvgIpc) is 2.94. The largest absolute Gasteiger partial charge is 0.490 e. The predicted octanol–water partition coefficient (Wildman–Crippen LogP) is 3.40. The number of nitrogens with zero attached hydrogens (tertiary/aromatic N) is 1. The molecule has 1 aliphatic carbocycles. The highest BCUT2D eigenvalue weighted by molar-refractivity contribution is 6.41. The van der Waals surface area contributed by atoms with E-state index in [0.29, 0.717) is 34.8 Å². The molecular weight excluding hydrogens is 370 g/mol. The van der Waals surface area contributed by atoms with E-state index >= 15 is 0 Å². The Balaban J connectivity index is 1.91. The first-order chi connectivity index (χ1) is 13.8. The summed E-state index contributed by atoms with van der Waals surface area (Å²) in [6.45, 7) is 3.90. The second-order valence-electron chi connectivity index (χ2n) is 6.89. The van der Waals surface area contributed by atoms with Crippen molar-refractivity contribution in [3.63, 3.8) is 0 Å². The van der Waals surface area contributed by atoms with Crippen LogP contribution in [0.25, 0.3) is 6.08 Å². The fourth-order valence-electron chi connectivity index (χ4n) is 3.15. The molecule has 150 valence electrons. The number of ketones is 2. The van der Waals surface area contributed by atoms with E-state index in [9.17, 15) is 14.4 Å². The highest BCUT2D eigenvalue weighted by Crippen LogP contribution is 2.32. The molecular formula is C23H23NO5. The number of carbonyl (C=O) groups is 3. The third kappa shape index (κ3) is 4.06. The van der Waals surface area contributed by atoms with Gasteiger partial charge in [0.1, 0.15) is 0 Å². The molecule has 0 heterocycles. The molecule has 3 rings (SSSR count). The maximum atomic E-state index is 12.6. The third-order valence-corrected chi connectivity index (χ3v) is 4.58. The Morgan fingerprint density at radius 2 is 1.66 bits per heavy atom. The Bertz CT molecular complexity index is 969. The standard InChI is InChI=1S/C23H23NO5/c1-5-28-20-13-15(10-11-19(20)29-14(2)23(27)24(3)4)12-18-21(25)16-8-6-7-9-17(16)22(18)26/h6-14H,5H2,1-4H3/t14-/m0/s1. The van der Waals surface area contributed by atoms with E-state index in [-0.39, 0.29) is 23.0 Å². The summed E-state index contributed by atoms with van der Waals surface area (Å²) in [5, 5.41) is 0. The molecule has 0 radical (unpaired) electrons. The summed E-state index contributed by atoms with van der Waals surface area (Å²) in [5.74, 6) is 0.126. The van der Waals surface area contributed by atoms with Crippen LogP contribution in [0, 0.1) is 0 Å². The Labute approximate surface area is 169 Å². The lowest BCUT2D eigenvalue weighted by atomic mass is 10.1. The maximum Gasteiger partial charge on any atom is 0.262 e. The van der Waals surface area contributed by atoms with Crippen LogP contribution in [0.15, 0.2) is 48.0 Å². The number of fused-ring (bicyclic) bond motifs is 1. The molecule has 0 aromatic heterocycles. The Kier molecular flexibility index (Phi) is 5.82. The number of benzene rings is 2. The number of hydrogen-bond acceptors (Lipinski definition) is 5. The molecule has 0 fully saturated rings. The number of hydrogen-bond donors (Lipinski definition) is 0. The van der Waals surface area contributed by atoms with Crippen molar-refractivity contribution >= 4 is 23.5 Å². The molecule has 0 saturated heterocycles. The molecule has 1 aliphatic rings. The Morgan fingerprint density at radius 3 is 2.21 bits per heavy atom. The molecule has 2 aromatic rings. The lowest BCUT2D eigenvalue weighted by Gasteiger charge is -2.20. The van der Waals surface area contributed by atoms with Gasteiger partial charge in [-0.3, -0.25) is 14.4 Å². The quantitative estimate of drug-likeness (QED) is 0.556. The molecule has 6 nitrogen and oxygen atoms in total. The van der Waals surface area contributed by atoms with Gasteiger partial charge in [0, 0.05) is 25.2 Å². The van der Waals surface area contributed by atoms with Crippen LogP contribution in [-0.4, -0.2) is 49.2 Å². The van der Waals surface area contributed by atoms with E-state index in [2.05, 4.69) is 0 Å². The van der Waals surface area contributed by atoms with E-state index in [4.69, 9.17) is 9.47 Å². The first kappa shape index (κ1) is 20.3. The summed E-state index contributed by atoms with van der Waals surface area (Å²) in [6.07, 6.45) is 0.881. The van der Waals surface area contributed by atoms with Gasteiger partial charge in [0.25, 0.3) is 5.91 Å². The Morgan fingerprint density at radius 1 is 1.03 bits per heavy atom. The summed E-state index contributed by atoms with van der Waals surface area (Å²) in [5.41, 5.74) is 1.60. The molecule has 0 unspecified atom stereocenters. The summed E-state index contributed by atoms with van der Waals surface area (Å²) < 4.78 is 11.4. The number of likely N-dealkylation sites (N-methyl/N-ethyl adjacent to an activating group) is 1. The van der Waals surface area contributed by atoms with Gasteiger partial charge >= 0.3 is 0 Å². The smallest absolute Gasteiger partial charge is 0.262 e. The van der Waals surface area contributed by atoms with Crippen molar-refractivity contribution in [1.82, 2.24) is 4.90 Å². The first-order valence-corrected chi connectivity index (χ1v) is 9.38. The van der Waals surface area contributed by atoms with Gasteiger partial charge in [-0.2, -0.15) is 0 Å². The molecule has 0 saturated carbocycles. The average molecular weight is 393 g/mol. The lowest BCUT2D eigenvalue weighted by Crippen LogP contribution is -2.35. The zero-order chi connectivity index (χ0) is 21.1.